The third-order valence-corrected chi connectivity index (χ3v) is 5.80. The van der Waals surface area contributed by atoms with Crippen molar-refractivity contribution in [3.63, 3.8) is 0 Å². The molecule has 2 aromatic carbocycles. The molecule has 0 saturated heterocycles. The summed E-state index contributed by atoms with van der Waals surface area (Å²) in [7, 11) is 3.14. The Balaban J connectivity index is 1.85. The van der Waals surface area contributed by atoms with Crippen LogP contribution in [-0.2, 0) is 10.9 Å². The fraction of sp³-hybridized carbons (Fsp3) is 0.455. The Hall–Kier alpha value is -2.21. The Bertz CT molecular complexity index is 863. The third kappa shape index (κ3) is 3.34. The Kier molecular flexibility index (Phi) is 5.00. The van der Waals surface area contributed by atoms with Gasteiger partial charge in [-0.2, -0.15) is 13.2 Å². The molecule has 1 aliphatic heterocycles. The summed E-state index contributed by atoms with van der Waals surface area (Å²) >= 11 is 0. The minimum absolute atomic E-state index is 0.00102. The second-order valence-corrected chi connectivity index (χ2v) is 7.40. The van der Waals surface area contributed by atoms with Crippen molar-refractivity contribution in [2.24, 2.45) is 0 Å². The maximum atomic E-state index is 13.2. The Morgan fingerprint density at radius 1 is 0.929 bits per heavy atom. The second-order valence-electron chi connectivity index (χ2n) is 7.40. The zero-order valence-corrected chi connectivity index (χ0v) is 15.9. The highest BCUT2D eigenvalue weighted by molar-refractivity contribution is 5.52. The predicted octanol–water partition coefficient (Wildman–Crippen LogP) is 5.87. The lowest BCUT2D eigenvalue weighted by atomic mass is 9.75. The van der Waals surface area contributed by atoms with Crippen molar-refractivity contribution in [1.82, 2.24) is 0 Å². The van der Waals surface area contributed by atoms with Gasteiger partial charge in [-0.1, -0.05) is 25.0 Å². The molecule has 3 nitrogen and oxygen atoms in total. The average Bonchev–Trinajstić information content (AvgIpc) is 2.71. The molecule has 0 spiro atoms. The largest absolute Gasteiger partial charge is 0.493 e. The predicted molar refractivity (Wildman–Crippen MR) is 98.9 cm³/mol. The van der Waals surface area contributed by atoms with Gasteiger partial charge in [0.05, 0.1) is 25.9 Å². The first kappa shape index (κ1) is 19.1. The van der Waals surface area contributed by atoms with E-state index in [1.54, 1.807) is 20.3 Å². The molecule has 6 heteroatoms. The molecule has 0 bridgehead atoms. The summed E-state index contributed by atoms with van der Waals surface area (Å²) in [5.74, 6) is 1.41. The van der Waals surface area contributed by atoms with E-state index in [1.807, 2.05) is 12.1 Å². The van der Waals surface area contributed by atoms with Crippen LogP contribution in [0.4, 0.5) is 13.2 Å². The van der Waals surface area contributed by atoms with Crippen molar-refractivity contribution in [3.8, 4) is 11.5 Å². The van der Waals surface area contributed by atoms with E-state index in [4.69, 9.17) is 14.2 Å². The molecule has 0 radical (unpaired) electrons. The highest BCUT2D eigenvalue weighted by atomic mass is 19.4. The number of rotatable bonds is 3. The van der Waals surface area contributed by atoms with Gasteiger partial charge in [0.25, 0.3) is 0 Å². The number of alkyl halides is 3. The summed E-state index contributed by atoms with van der Waals surface area (Å²) < 4.78 is 57.0. The number of benzene rings is 2. The van der Waals surface area contributed by atoms with Crippen LogP contribution in [0.25, 0.3) is 0 Å². The van der Waals surface area contributed by atoms with E-state index in [2.05, 4.69) is 0 Å². The zero-order chi connectivity index (χ0) is 19.9. The van der Waals surface area contributed by atoms with Gasteiger partial charge < -0.3 is 14.2 Å². The first-order valence-electron chi connectivity index (χ1n) is 9.51. The van der Waals surface area contributed by atoms with E-state index in [9.17, 15) is 13.2 Å². The zero-order valence-electron chi connectivity index (χ0n) is 15.9. The van der Waals surface area contributed by atoms with Gasteiger partial charge in [0, 0.05) is 5.92 Å². The topological polar surface area (TPSA) is 27.7 Å². The van der Waals surface area contributed by atoms with Gasteiger partial charge in [-0.15, -0.1) is 0 Å². The minimum Gasteiger partial charge on any atom is -0.493 e. The van der Waals surface area contributed by atoms with Crippen molar-refractivity contribution in [2.75, 3.05) is 14.2 Å². The van der Waals surface area contributed by atoms with Gasteiger partial charge in [-0.05, 0) is 53.8 Å². The number of ether oxygens (including phenoxy) is 3. The Labute approximate surface area is 162 Å². The molecule has 3 atom stereocenters. The van der Waals surface area contributed by atoms with E-state index < -0.39 is 17.8 Å². The van der Waals surface area contributed by atoms with Crippen LogP contribution in [0.5, 0.6) is 11.5 Å². The highest BCUT2D eigenvalue weighted by Crippen LogP contribution is 2.50. The van der Waals surface area contributed by atoms with E-state index in [0.717, 1.165) is 42.9 Å². The van der Waals surface area contributed by atoms with Crippen LogP contribution in [0.2, 0.25) is 0 Å². The SMILES string of the molecule is COc1cc2c(cc1OC)[C@H]1CCCC[C@@H]1O[C@@H]2c1cccc(C(F)(F)F)c1. The Morgan fingerprint density at radius 3 is 2.29 bits per heavy atom. The van der Waals surface area contributed by atoms with E-state index in [0.29, 0.717) is 17.1 Å². The van der Waals surface area contributed by atoms with Gasteiger partial charge >= 0.3 is 6.18 Å². The molecule has 0 N–H and O–H groups in total. The van der Waals surface area contributed by atoms with E-state index in [-0.39, 0.29) is 12.0 Å². The second kappa shape index (κ2) is 7.32. The van der Waals surface area contributed by atoms with Crippen LogP contribution in [0.3, 0.4) is 0 Å². The number of hydrogen-bond donors (Lipinski definition) is 0. The normalized spacial score (nSPS) is 24.2. The number of halogens is 3. The summed E-state index contributed by atoms with van der Waals surface area (Å²) in [5, 5.41) is 0. The molecule has 1 aliphatic carbocycles. The molecule has 1 saturated carbocycles. The molecule has 2 aromatic rings. The maximum absolute atomic E-state index is 13.2. The number of hydrogen-bond acceptors (Lipinski definition) is 3. The smallest absolute Gasteiger partial charge is 0.416 e. The van der Waals surface area contributed by atoms with Gasteiger partial charge in [0.1, 0.15) is 6.10 Å². The molecule has 28 heavy (non-hydrogen) atoms. The van der Waals surface area contributed by atoms with Gasteiger partial charge in [-0.3, -0.25) is 0 Å². The first-order valence-corrected chi connectivity index (χ1v) is 9.51. The molecule has 1 fully saturated rings. The summed E-state index contributed by atoms with van der Waals surface area (Å²) in [6.45, 7) is 0. The first-order chi connectivity index (χ1) is 13.4. The molecular weight excluding hydrogens is 369 g/mol. The molecule has 0 amide bonds. The molecule has 2 aliphatic rings. The fourth-order valence-corrected chi connectivity index (χ4v) is 4.46. The number of fused-ring (bicyclic) bond motifs is 3. The van der Waals surface area contributed by atoms with Crippen molar-refractivity contribution < 1.29 is 27.4 Å². The minimum atomic E-state index is -4.39. The Morgan fingerprint density at radius 2 is 1.61 bits per heavy atom. The van der Waals surface area contributed by atoms with Crippen LogP contribution in [0.1, 0.15) is 60.0 Å². The lowest BCUT2D eigenvalue weighted by Crippen LogP contribution is -2.34. The van der Waals surface area contributed by atoms with Gasteiger partial charge in [0.15, 0.2) is 11.5 Å². The van der Waals surface area contributed by atoms with Gasteiger partial charge in [-0.25, -0.2) is 0 Å². The van der Waals surface area contributed by atoms with Crippen LogP contribution in [0.15, 0.2) is 36.4 Å². The van der Waals surface area contributed by atoms with E-state index >= 15 is 0 Å². The molecule has 0 unspecified atom stereocenters. The lowest BCUT2D eigenvalue weighted by molar-refractivity contribution is -0.137. The molecule has 1 heterocycles. The highest BCUT2D eigenvalue weighted by Gasteiger charge is 2.39. The van der Waals surface area contributed by atoms with Crippen molar-refractivity contribution in [2.45, 2.75) is 50.0 Å². The standard InChI is InChI=1S/C22H23F3O3/c1-26-19-11-16-15-8-3-4-9-18(15)28-21(17(16)12-20(19)27-2)13-6-5-7-14(10-13)22(23,24)25/h5-7,10-12,15,18,21H,3-4,8-9H2,1-2H3/t15-,18+,21-/m1/s1. The number of methoxy groups -OCH3 is 2. The monoisotopic (exact) mass is 392 g/mol. The van der Waals surface area contributed by atoms with Crippen molar-refractivity contribution >= 4 is 0 Å². The lowest BCUT2D eigenvalue weighted by Gasteiger charge is -2.41. The van der Waals surface area contributed by atoms with Crippen molar-refractivity contribution in [3.05, 3.63) is 58.7 Å². The third-order valence-electron chi connectivity index (χ3n) is 5.80. The van der Waals surface area contributed by atoms with Gasteiger partial charge in [0.2, 0.25) is 0 Å². The molecule has 4 rings (SSSR count). The van der Waals surface area contributed by atoms with Crippen LogP contribution < -0.4 is 9.47 Å². The average molecular weight is 392 g/mol. The summed E-state index contributed by atoms with van der Waals surface area (Å²) in [5.41, 5.74) is 1.80. The molecule has 0 aromatic heterocycles. The van der Waals surface area contributed by atoms with E-state index in [1.165, 1.54) is 12.1 Å². The maximum Gasteiger partial charge on any atom is 0.416 e. The molecule has 150 valence electrons. The van der Waals surface area contributed by atoms with Crippen molar-refractivity contribution in [1.29, 1.82) is 0 Å². The van der Waals surface area contributed by atoms with Crippen LogP contribution in [0, 0.1) is 0 Å². The van der Waals surface area contributed by atoms with Crippen LogP contribution in [-0.4, -0.2) is 20.3 Å². The quantitative estimate of drug-likeness (QED) is 0.654. The fourth-order valence-electron chi connectivity index (χ4n) is 4.46. The van der Waals surface area contributed by atoms with Crippen LogP contribution >= 0.6 is 0 Å². The summed E-state index contributed by atoms with van der Waals surface area (Å²) in [6.07, 6.45) is -0.851. The summed E-state index contributed by atoms with van der Waals surface area (Å²) in [6, 6.07) is 9.24. The molecular formula is C22H23F3O3. The summed E-state index contributed by atoms with van der Waals surface area (Å²) in [4.78, 5) is 0.